The Bertz CT molecular complexity index is 453. The zero-order chi connectivity index (χ0) is 25.8. The summed E-state index contributed by atoms with van der Waals surface area (Å²) in [4.78, 5) is 27.5. The van der Waals surface area contributed by atoms with Gasteiger partial charge in [0, 0.05) is 18.9 Å². The van der Waals surface area contributed by atoms with Crippen molar-refractivity contribution in [2.45, 2.75) is 129 Å². The Morgan fingerprint density at radius 2 is 0.706 bits per heavy atom. The van der Waals surface area contributed by atoms with E-state index in [4.69, 9.17) is 0 Å². The fraction of sp³-hybridized carbons (Fsp3) is 1.00. The summed E-state index contributed by atoms with van der Waals surface area (Å²) in [5.74, 6) is 0. The molecule has 3 N–H and O–H groups in total. The summed E-state index contributed by atoms with van der Waals surface area (Å²) in [5.41, 5.74) is 0. The van der Waals surface area contributed by atoms with Gasteiger partial charge in [0.15, 0.2) is 0 Å². The third kappa shape index (κ3) is 25.1. The Kier molecular flexibility index (Phi) is 20.1. The minimum absolute atomic E-state index is 0.148. The molecule has 0 atom stereocenters. The first kappa shape index (κ1) is 34.0. The molecule has 0 aromatic rings. The number of hydrogen-bond acceptors (Lipinski definition) is 3. The molecule has 0 unspecified atom stereocenters. The minimum atomic E-state index is -3.87. The molecule has 0 aliphatic heterocycles. The molecule has 0 amide bonds. The molecule has 0 rings (SSSR count). The highest BCUT2D eigenvalue weighted by atomic mass is 28.4. The maximum Gasteiger partial charge on any atom is 0.492 e. The second kappa shape index (κ2) is 20.1. The van der Waals surface area contributed by atoms with E-state index in [0.29, 0.717) is 6.42 Å². The van der Waals surface area contributed by atoms with Crippen molar-refractivity contribution < 1.29 is 23.4 Å². The molecule has 6 heteroatoms. The van der Waals surface area contributed by atoms with Gasteiger partial charge in [0.2, 0.25) is 0 Å². The van der Waals surface area contributed by atoms with Crippen molar-refractivity contribution in [2.24, 2.45) is 0 Å². The molecule has 34 heavy (non-hydrogen) atoms. The molecule has 0 fully saturated rings. The van der Waals surface area contributed by atoms with Gasteiger partial charge in [0.1, 0.15) is 0 Å². The van der Waals surface area contributed by atoms with Crippen molar-refractivity contribution in [3.63, 3.8) is 0 Å². The summed E-state index contributed by atoms with van der Waals surface area (Å²) in [6.45, 7) is 6.72. The Hall–Kier alpha value is 0.0169. The summed E-state index contributed by atoms with van der Waals surface area (Å²) in [6.07, 6.45) is 24.6. The van der Waals surface area contributed by atoms with E-state index in [2.05, 4.69) is 35.1 Å². The van der Waals surface area contributed by atoms with Crippen LogP contribution >= 0.6 is 0 Å². The van der Waals surface area contributed by atoms with Crippen LogP contribution in [0.3, 0.4) is 0 Å². The highest BCUT2D eigenvalue weighted by Crippen LogP contribution is 2.15. The fourth-order valence-electron chi connectivity index (χ4n) is 4.98. The van der Waals surface area contributed by atoms with Crippen LogP contribution in [-0.4, -0.2) is 86.5 Å². The van der Waals surface area contributed by atoms with E-state index in [-0.39, 0.29) is 6.04 Å². The van der Waals surface area contributed by atoms with E-state index < -0.39 is 8.80 Å². The van der Waals surface area contributed by atoms with E-state index in [1.807, 2.05) is 0 Å². The molecule has 0 spiro atoms. The summed E-state index contributed by atoms with van der Waals surface area (Å²) in [7, 11) is 5.24. The maximum absolute atomic E-state index is 9.17. The van der Waals surface area contributed by atoms with Gasteiger partial charge in [-0.05, 0) is 12.8 Å². The highest BCUT2D eigenvalue weighted by molar-refractivity contribution is 6.56. The normalized spacial score (nSPS) is 13.1. The summed E-state index contributed by atoms with van der Waals surface area (Å²) < 4.78 is 1.97. The monoisotopic (exact) mass is 504 g/mol. The number of unbranched alkanes of at least 4 members (excludes halogenated alkanes) is 15. The van der Waals surface area contributed by atoms with Crippen LogP contribution in [0, 0.1) is 0 Å². The molecule has 206 valence electrons. The molecule has 0 aliphatic carbocycles. The van der Waals surface area contributed by atoms with Crippen LogP contribution in [0.1, 0.15) is 122 Å². The Morgan fingerprint density at radius 3 is 1.06 bits per heavy atom. The van der Waals surface area contributed by atoms with Crippen LogP contribution in [0.5, 0.6) is 0 Å². The molecule has 0 saturated carbocycles. The van der Waals surface area contributed by atoms with Crippen LogP contribution in [0.25, 0.3) is 0 Å². The molecule has 0 aromatic carbocycles. The minimum Gasteiger partial charge on any atom is -0.390 e. The summed E-state index contributed by atoms with van der Waals surface area (Å²) in [5, 5.41) is 0. The molecular formula is C28H64N2O3Si+2. The Morgan fingerprint density at radius 1 is 0.412 bits per heavy atom. The molecule has 0 heterocycles. The Labute approximate surface area is 215 Å². The summed E-state index contributed by atoms with van der Waals surface area (Å²) in [6, 6.07) is 0.148. The van der Waals surface area contributed by atoms with Gasteiger partial charge in [0.05, 0.1) is 54.4 Å². The first-order chi connectivity index (χ1) is 16.0. The molecular weight excluding hydrogens is 440 g/mol. The fourth-order valence-corrected chi connectivity index (χ4v) is 5.62. The van der Waals surface area contributed by atoms with Gasteiger partial charge in [-0.2, -0.15) is 0 Å². The first-order valence-electron chi connectivity index (χ1n) is 14.8. The number of quaternary nitrogens is 2. The van der Waals surface area contributed by atoms with Crippen molar-refractivity contribution in [3.8, 4) is 0 Å². The van der Waals surface area contributed by atoms with Gasteiger partial charge in [-0.1, -0.05) is 96.8 Å². The van der Waals surface area contributed by atoms with E-state index in [1.165, 1.54) is 122 Å². The first-order valence-corrected chi connectivity index (χ1v) is 16.8. The zero-order valence-electron chi connectivity index (χ0n) is 24.0. The van der Waals surface area contributed by atoms with Crippen LogP contribution in [-0.2, 0) is 0 Å². The largest absolute Gasteiger partial charge is 0.492 e. The van der Waals surface area contributed by atoms with Crippen LogP contribution in [0.15, 0.2) is 0 Å². The van der Waals surface area contributed by atoms with Crippen molar-refractivity contribution in [2.75, 3.05) is 54.4 Å². The number of nitrogens with zero attached hydrogens (tertiary/aromatic N) is 2. The van der Waals surface area contributed by atoms with Crippen molar-refractivity contribution in [3.05, 3.63) is 0 Å². The predicted octanol–water partition coefficient (Wildman–Crippen LogP) is 6.10. The lowest BCUT2D eigenvalue weighted by Crippen LogP contribution is -2.46. The van der Waals surface area contributed by atoms with Gasteiger partial charge < -0.3 is 23.4 Å². The van der Waals surface area contributed by atoms with Gasteiger partial charge in [-0.3, -0.25) is 0 Å². The number of hydrogen-bond donors (Lipinski definition) is 3. The summed E-state index contributed by atoms with van der Waals surface area (Å²) >= 11 is 0. The highest BCUT2D eigenvalue weighted by Gasteiger charge is 2.28. The second-order valence-corrected chi connectivity index (χ2v) is 14.3. The lowest BCUT2D eigenvalue weighted by molar-refractivity contribution is -0.909. The standard InChI is InChI=1S/C28H64N2O3Si/c1-6-7-8-9-10-11-12-13-14-15-16-17-18-19-20-21-24-29(2,3)25-22-26-30(4,5)27-23-28-34(31,32)33/h31-33H,6-28H2,1-5H3/q+2. The zero-order valence-corrected chi connectivity index (χ0v) is 25.0. The maximum atomic E-state index is 9.17. The molecule has 0 saturated heterocycles. The van der Waals surface area contributed by atoms with Crippen LogP contribution < -0.4 is 0 Å². The molecule has 5 nitrogen and oxygen atoms in total. The number of rotatable bonds is 25. The average molecular weight is 505 g/mol. The molecule has 0 bridgehead atoms. The molecule has 0 aliphatic rings. The third-order valence-corrected chi connectivity index (χ3v) is 8.44. The van der Waals surface area contributed by atoms with Gasteiger partial charge in [-0.25, -0.2) is 0 Å². The van der Waals surface area contributed by atoms with Gasteiger partial charge in [-0.15, -0.1) is 0 Å². The smallest absolute Gasteiger partial charge is 0.390 e. The second-order valence-electron chi connectivity index (χ2n) is 12.3. The van der Waals surface area contributed by atoms with Crippen molar-refractivity contribution in [1.29, 1.82) is 0 Å². The van der Waals surface area contributed by atoms with Crippen molar-refractivity contribution in [1.82, 2.24) is 0 Å². The average Bonchev–Trinajstić information content (AvgIpc) is 2.72. The molecule has 0 radical (unpaired) electrons. The molecule has 0 aromatic heterocycles. The van der Waals surface area contributed by atoms with Crippen LogP contribution in [0.2, 0.25) is 6.04 Å². The SMILES string of the molecule is CCCCCCCCCCCCCCCCCC[N+](C)(C)CCC[N+](C)(C)CCC[Si](O)(O)O. The van der Waals surface area contributed by atoms with Crippen molar-refractivity contribution >= 4 is 8.80 Å². The van der Waals surface area contributed by atoms with E-state index in [0.717, 1.165) is 22.1 Å². The van der Waals surface area contributed by atoms with E-state index >= 15 is 0 Å². The quantitative estimate of drug-likeness (QED) is 0.0800. The van der Waals surface area contributed by atoms with E-state index in [1.54, 1.807) is 0 Å². The topological polar surface area (TPSA) is 60.7 Å². The lowest BCUT2D eigenvalue weighted by Gasteiger charge is -2.34. The predicted molar refractivity (Wildman–Crippen MR) is 150 cm³/mol. The lowest BCUT2D eigenvalue weighted by atomic mass is 10.0. The van der Waals surface area contributed by atoms with E-state index in [9.17, 15) is 14.4 Å². The van der Waals surface area contributed by atoms with Crippen LogP contribution in [0.4, 0.5) is 0 Å². The third-order valence-electron chi connectivity index (χ3n) is 7.42. The Balaban J connectivity index is 3.53. The van der Waals surface area contributed by atoms with Gasteiger partial charge >= 0.3 is 8.80 Å². The van der Waals surface area contributed by atoms with Gasteiger partial charge in [0.25, 0.3) is 0 Å².